The zero-order valence-corrected chi connectivity index (χ0v) is 19.6. The van der Waals surface area contributed by atoms with Crippen LogP contribution in [0.3, 0.4) is 0 Å². The average Bonchev–Trinajstić information content (AvgIpc) is 3.27. The molecule has 2 aromatic heterocycles. The minimum absolute atomic E-state index is 0.280. The van der Waals surface area contributed by atoms with Crippen LogP contribution in [0.5, 0.6) is 0 Å². The summed E-state index contributed by atoms with van der Waals surface area (Å²) < 4.78 is 5.18. The maximum absolute atomic E-state index is 11.8. The number of amides is 1. The molecule has 0 spiro atoms. The third-order valence-electron chi connectivity index (χ3n) is 5.60. The summed E-state index contributed by atoms with van der Waals surface area (Å²) in [6, 6.07) is 0.359. The monoisotopic (exact) mass is 464 g/mol. The number of nitrogens with zero attached hydrogens (tertiary/aromatic N) is 1. The first-order chi connectivity index (χ1) is 15.0. The fourth-order valence-corrected chi connectivity index (χ4v) is 5.30. The van der Waals surface area contributed by atoms with Crippen molar-refractivity contribution in [2.45, 2.75) is 77.4 Å². The predicted molar refractivity (Wildman–Crippen MR) is 123 cm³/mol. The number of aryl methyl sites for hydroxylation is 2. The highest BCUT2D eigenvalue weighted by Gasteiger charge is 2.22. The summed E-state index contributed by atoms with van der Waals surface area (Å²) in [5, 5.41) is 12.2. The van der Waals surface area contributed by atoms with E-state index in [4.69, 9.17) is 15.6 Å². The van der Waals surface area contributed by atoms with Gasteiger partial charge < -0.3 is 25.9 Å². The molecule has 0 atom stereocenters. The topological polar surface area (TPSA) is 147 Å². The molecule has 1 amide bonds. The summed E-state index contributed by atoms with van der Waals surface area (Å²) in [5.74, 6) is -0.919. The number of aromatic nitrogens is 2. The van der Waals surface area contributed by atoms with Gasteiger partial charge in [0.25, 0.3) is 5.56 Å². The second-order valence-electron chi connectivity index (χ2n) is 9.42. The zero-order valence-electron chi connectivity index (χ0n) is 18.8. The quantitative estimate of drug-likeness (QED) is 0.545. The van der Waals surface area contributed by atoms with E-state index >= 15 is 0 Å². The van der Waals surface area contributed by atoms with E-state index in [0.29, 0.717) is 28.7 Å². The summed E-state index contributed by atoms with van der Waals surface area (Å²) in [6.07, 6.45) is 6.97. The van der Waals surface area contributed by atoms with Crippen LogP contribution < -0.4 is 16.6 Å². The molecule has 0 aliphatic heterocycles. The number of nitrogens with one attached hydrogen (secondary N) is 2. The molecule has 1 fully saturated rings. The van der Waals surface area contributed by atoms with Gasteiger partial charge in [-0.1, -0.05) is 0 Å². The Labute approximate surface area is 190 Å². The maximum atomic E-state index is 11.8. The third-order valence-corrected chi connectivity index (χ3v) is 6.79. The molecule has 2 aromatic rings. The average molecular weight is 465 g/mol. The number of ether oxygens (including phenoxy) is 1. The van der Waals surface area contributed by atoms with Gasteiger partial charge in [0.1, 0.15) is 10.4 Å². The van der Waals surface area contributed by atoms with Gasteiger partial charge in [0.2, 0.25) is 5.82 Å². The molecule has 0 saturated heterocycles. The highest BCUT2D eigenvalue weighted by Crippen LogP contribution is 2.34. The van der Waals surface area contributed by atoms with Crippen LogP contribution in [0, 0.1) is 5.92 Å². The van der Waals surface area contributed by atoms with Crippen LogP contribution in [0.1, 0.15) is 73.9 Å². The number of carboxylic acid groups (broad SMARTS) is 1. The number of alkyl carbamates (subject to hydrolysis) is 1. The van der Waals surface area contributed by atoms with Crippen molar-refractivity contribution in [2.75, 3.05) is 6.54 Å². The third kappa shape index (κ3) is 6.29. The van der Waals surface area contributed by atoms with Gasteiger partial charge in [-0.05, 0) is 77.2 Å². The normalized spacial score (nSPS) is 20.2. The molecule has 32 heavy (non-hydrogen) atoms. The number of hydrogen-bond donors (Lipinski definition) is 4. The van der Waals surface area contributed by atoms with E-state index in [-0.39, 0.29) is 17.5 Å². The van der Waals surface area contributed by atoms with Gasteiger partial charge in [0.05, 0.1) is 5.39 Å². The van der Waals surface area contributed by atoms with Crippen molar-refractivity contribution >= 4 is 33.6 Å². The molecule has 9 nitrogen and oxygen atoms in total. The number of carbonyl (C=O) groups excluding carboxylic acids is 1. The molecular weight excluding hydrogens is 432 g/mol. The van der Waals surface area contributed by atoms with Gasteiger partial charge in [0, 0.05) is 17.5 Å². The van der Waals surface area contributed by atoms with Crippen molar-refractivity contribution in [2.24, 2.45) is 11.7 Å². The molecule has 0 radical (unpaired) electrons. The number of carboxylic acids is 1. The van der Waals surface area contributed by atoms with E-state index in [0.717, 1.165) is 50.5 Å². The summed E-state index contributed by atoms with van der Waals surface area (Å²) in [6.45, 7) is 6.31. The second kappa shape index (κ2) is 9.99. The van der Waals surface area contributed by atoms with E-state index in [1.54, 1.807) is 0 Å². The number of fused-ring (bicyclic) bond motifs is 3. The van der Waals surface area contributed by atoms with Crippen molar-refractivity contribution in [3.63, 3.8) is 0 Å². The smallest absolute Gasteiger partial charge is 0.407 e. The van der Waals surface area contributed by atoms with Crippen molar-refractivity contribution in [3.05, 3.63) is 26.6 Å². The Balaban J connectivity index is 0.000000181. The molecule has 176 valence electrons. The van der Waals surface area contributed by atoms with E-state index in [9.17, 15) is 14.4 Å². The maximum Gasteiger partial charge on any atom is 0.407 e. The van der Waals surface area contributed by atoms with Gasteiger partial charge in [-0.3, -0.25) is 4.79 Å². The molecule has 1 saturated carbocycles. The Kier molecular flexibility index (Phi) is 7.55. The summed E-state index contributed by atoms with van der Waals surface area (Å²) in [7, 11) is 0. The molecule has 5 N–H and O–H groups in total. The molecule has 0 bridgehead atoms. The van der Waals surface area contributed by atoms with Gasteiger partial charge in [0.15, 0.2) is 0 Å². The Morgan fingerprint density at radius 3 is 2.56 bits per heavy atom. The van der Waals surface area contributed by atoms with Crippen LogP contribution in [0.15, 0.2) is 4.79 Å². The van der Waals surface area contributed by atoms with Crippen molar-refractivity contribution < 1.29 is 19.4 Å². The second-order valence-corrected chi connectivity index (χ2v) is 10.5. The number of carbonyl (C=O) groups is 2. The van der Waals surface area contributed by atoms with E-state index in [2.05, 4.69) is 15.3 Å². The number of hydrogen-bond acceptors (Lipinski definition) is 7. The van der Waals surface area contributed by atoms with Crippen LogP contribution in [0.2, 0.25) is 0 Å². The largest absolute Gasteiger partial charge is 0.475 e. The van der Waals surface area contributed by atoms with E-state index in [1.807, 2.05) is 20.8 Å². The zero-order chi connectivity index (χ0) is 23.5. The lowest BCUT2D eigenvalue weighted by Crippen LogP contribution is -2.37. The van der Waals surface area contributed by atoms with Crippen LogP contribution >= 0.6 is 11.3 Å². The van der Waals surface area contributed by atoms with Gasteiger partial charge >= 0.3 is 12.1 Å². The summed E-state index contributed by atoms with van der Waals surface area (Å²) in [5.41, 5.74) is 6.14. The number of aromatic amines is 1. The fourth-order valence-electron chi connectivity index (χ4n) is 4.04. The minimum Gasteiger partial charge on any atom is -0.475 e. The number of thiophene rings is 1. The molecule has 10 heteroatoms. The standard InChI is InChI=1S/C12H24N2O2.C10H8N2O3S/c1-12(2,3)16-11(15)14-8-9-4-6-10(13)7-5-9;13-8-6-4-2-1-3-5(4)16-9(6)12-7(11-8)10(14)15/h9-10H,4-8,13H2,1-3H3,(H,14,15);1-3H2,(H,14,15)(H,11,12,13). The highest BCUT2D eigenvalue weighted by atomic mass is 32.1. The van der Waals surface area contributed by atoms with Crippen molar-refractivity contribution in [1.82, 2.24) is 15.3 Å². The van der Waals surface area contributed by atoms with Crippen LogP contribution in [-0.4, -0.2) is 45.3 Å². The van der Waals surface area contributed by atoms with Crippen LogP contribution in [-0.2, 0) is 17.6 Å². The molecule has 2 heterocycles. The van der Waals surface area contributed by atoms with E-state index < -0.39 is 11.6 Å². The van der Waals surface area contributed by atoms with Crippen molar-refractivity contribution in [3.8, 4) is 0 Å². The summed E-state index contributed by atoms with van der Waals surface area (Å²) in [4.78, 5) is 41.9. The van der Waals surface area contributed by atoms with E-state index in [1.165, 1.54) is 16.2 Å². The van der Waals surface area contributed by atoms with Crippen LogP contribution in [0.25, 0.3) is 10.2 Å². The lowest BCUT2D eigenvalue weighted by atomic mass is 9.86. The molecular formula is C22H32N4O5S. The molecule has 2 aliphatic rings. The molecule has 4 rings (SSSR count). The van der Waals surface area contributed by atoms with Gasteiger partial charge in [-0.25, -0.2) is 14.6 Å². The SMILES string of the molecule is CC(C)(C)OC(=O)NCC1CCC(N)CC1.O=C(O)c1nc2sc3c(c2c(=O)[nH]1)CCC3. The first-order valence-corrected chi connectivity index (χ1v) is 11.9. The first kappa shape index (κ1) is 24.2. The number of H-pyrrole nitrogens is 1. The highest BCUT2D eigenvalue weighted by molar-refractivity contribution is 7.18. The van der Waals surface area contributed by atoms with Gasteiger partial charge in [-0.15, -0.1) is 11.3 Å². The number of nitrogens with two attached hydrogens (primary N) is 1. The minimum atomic E-state index is -1.20. The Hall–Kier alpha value is -2.46. The van der Waals surface area contributed by atoms with Gasteiger partial charge in [-0.2, -0.15) is 0 Å². The Morgan fingerprint density at radius 1 is 1.25 bits per heavy atom. The Bertz CT molecular complexity index is 1030. The number of rotatable bonds is 3. The summed E-state index contributed by atoms with van der Waals surface area (Å²) >= 11 is 1.44. The van der Waals surface area contributed by atoms with Crippen LogP contribution in [0.4, 0.5) is 4.79 Å². The molecule has 0 aromatic carbocycles. The fraction of sp³-hybridized carbons (Fsp3) is 0.636. The Morgan fingerprint density at radius 2 is 1.94 bits per heavy atom. The lowest BCUT2D eigenvalue weighted by Gasteiger charge is -2.26. The molecule has 2 aliphatic carbocycles. The number of aromatic carboxylic acids is 1. The first-order valence-electron chi connectivity index (χ1n) is 11.0. The predicted octanol–water partition coefficient (Wildman–Crippen LogP) is 3.20. The lowest BCUT2D eigenvalue weighted by molar-refractivity contribution is 0.0514. The molecule has 0 unspecified atom stereocenters. The van der Waals surface area contributed by atoms with Crippen molar-refractivity contribution in [1.29, 1.82) is 0 Å².